The third kappa shape index (κ3) is 6.47. The highest BCUT2D eigenvalue weighted by atomic mass is 19.1. The summed E-state index contributed by atoms with van der Waals surface area (Å²) in [7, 11) is -0.360. The van der Waals surface area contributed by atoms with Crippen LogP contribution in [0.3, 0.4) is 0 Å². The van der Waals surface area contributed by atoms with Crippen LogP contribution in [0.1, 0.15) is 107 Å². The Hall–Kier alpha value is -3.82. The fourth-order valence-corrected chi connectivity index (χ4v) is 7.50. The lowest BCUT2D eigenvalue weighted by atomic mass is 9.68. The van der Waals surface area contributed by atoms with Crippen LogP contribution in [-0.2, 0) is 15.7 Å². The van der Waals surface area contributed by atoms with Gasteiger partial charge in [0.1, 0.15) is 5.82 Å². The van der Waals surface area contributed by atoms with E-state index in [0.717, 1.165) is 48.5 Å². The van der Waals surface area contributed by atoms with E-state index >= 15 is 4.39 Å². The van der Waals surface area contributed by atoms with E-state index in [-0.39, 0.29) is 40.8 Å². The van der Waals surface area contributed by atoms with Gasteiger partial charge in [0.15, 0.2) is 0 Å². The number of carbonyl (C=O) groups is 1. The van der Waals surface area contributed by atoms with Gasteiger partial charge in [0, 0.05) is 24.9 Å². The van der Waals surface area contributed by atoms with Crippen molar-refractivity contribution < 1.29 is 18.5 Å². The number of hydrogen-bond donors (Lipinski definition) is 1. The maximum Gasteiger partial charge on any atom is 0.494 e. The number of nitrogens with one attached hydrogen (secondary N) is 1. The topological polar surface area (TPSA) is 84.5 Å². The molecule has 0 atom stereocenters. The van der Waals surface area contributed by atoms with E-state index in [1.54, 1.807) is 18.2 Å². The van der Waals surface area contributed by atoms with Crippen molar-refractivity contribution in [1.82, 2.24) is 15.1 Å². The van der Waals surface area contributed by atoms with Crippen molar-refractivity contribution in [3.63, 3.8) is 0 Å². The standard InChI is InChI=1S/C37H41BFN3O4.C2H6/c1-35(2)36(3,4)46-38(45-35)27-12-10-25(11-13-27)26-15-17-37(18-16-26)19-20-42(23-37)34(44)30-21-24(9-14-31(30)39)22-32-28-7-5-6-8-29(28)33(43)41-40-32;1-2/h5-14,21,26H,15-20,22-23H2,1-4H3,(H,41,43);1-2H3. The highest BCUT2D eigenvalue weighted by Gasteiger charge is 2.51. The number of nitrogens with zero attached hydrogens (tertiary/aromatic N) is 2. The van der Waals surface area contributed by atoms with Crippen LogP contribution in [0.4, 0.5) is 4.39 Å². The van der Waals surface area contributed by atoms with Gasteiger partial charge >= 0.3 is 7.12 Å². The summed E-state index contributed by atoms with van der Waals surface area (Å²) in [5.74, 6) is -0.285. The Morgan fingerprint density at radius 2 is 1.58 bits per heavy atom. The lowest BCUT2D eigenvalue weighted by molar-refractivity contribution is 0.00578. The van der Waals surface area contributed by atoms with Gasteiger partial charge in [-0.2, -0.15) is 5.10 Å². The van der Waals surface area contributed by atoms with Crippen molar-refractivity contribution in [2.45, 2.75) is 97.2 Å². The Morgan fingerprint density at radius 3 is 2.25 bits per heavy atom. The third-order valence-electron chi connectivity index (χ3n) is 11.1. The molecule has 1 saturated carbocycles. The largest absolute Gasteiger partial charge is 0.494 e. The summed E-state index contributed by atoms with van der Waals surface area (Å²) >= 11 is 0. The van der Waals surface area contributed by atoms with Crippen LogP contribution in [0, 0.1) is 11.2 Å². The van der Waals surface area contributed by atoms with Gasteiger partial charge in [-0.25, -0.2) is 9.49 Å². The average molecular weight is 652 g/mol. The van der Waals surface area contributed by atoms with Gasteiger partial charge in [0.2, 0.25) is 0 Å². The smallest absolute Gasteiger partial charge is 0.399 e. The Labute approximate surface area is 283 Å². The van der Waals surface area contributed by atoms with E-state index in [0.29, 0.717) is 36.5 Å². The molecule has 3 aliphatic rings. The predicted molar refractivity (Wildman–Crippen MR) is 189 cm³/mol. The van der Waals surface area contributed by atoms with Gasteiger partial charge < -0.3 is 14.2 Å². The average Bonchev–Trinajstić information content (AvgIpc) is 3.60. The number of amides is 1. The highest BCUT2D eigenvalue weighted by molar-refractivity contribution is 6.62. The van der Waals surface area contributed by atoms with Crippen LogP contribution in [-0.4, -0.2) is 52.4 Å². The Balaban J connectivity index is 0.00000197. The lowest BCUT2D eigenvalue weighted by Crippen LogP contribution is -2.41. The molecule has 2 saturated heterocycles. The number of likely N-dealkylation sites (tertiary alicyclic amines) is 1. The fraction of sp³-hybridized carbons (Fsp3) is 0.462. The van der Waals surface area contributed by atoms with Crippen molar-refractivity contribution in [3.05, 3.63) is 105 Å². The molecule has 0 radical (unpaired) electrons. The Morgan fingerprint density at radius 1 is 0.938 bits per heavy atom. The van der Waals surface area contributed by atoms with Gasteiger partial charge in [-0.15, -0.1) is 0 Å². The van der Waals surface area contributed by atoms with Gasteiger partial charge in [-0.05, 0) is 106 Å². The molecule has 4 aromatic rings. The van der Waals surface area contributed by atoms with Crippen LogP contribution in [0.2, 0.25) is 0 Å². The molecule has 1 N–H and O–H groups in total. The molecule has 48 heavy (non-hydrogen) atoms. The Kier molecular flexibility index (Phi) is 9.40. The molecule has 252 valence electrons. The first-order valence-electron chi connectivity index (χ1n) is 17.4. The summed E-state index contributed by atoms with van der Waals surface area (Å²) < 4.78 is 27.5. The summed E-state index contributed by atoms with van der Waals surface area (Å²) in [6.45, 7) is 13.6. The number of hydrogen-bond acceptors (Lipinski definition) is 5. The number of H-pyrrole nitrogens is 1. The van der Waals surface area contributed by atoms with E-state index in [1.807, 2.05) is 36.9 Å². The van der Waals surface area contributed by atoms with Crippen molar-refractivity contribution >= 4 is 29.3 Å². The number of fused-ring (bicyclic) bond motifs is 1. The molecule has 2 aliphatic heterocycles. The molecule has 3 aromatic carbocycles. The zero-order valence-corrected chi connectivity index (χ0v) is 29.1. The summed E-state index contributed by atoms with van der Waals surface area (Å²) in [5, 5.41) is 8.12. The molecular weight excluding hydrogens is 604 g/mol. The molecule has 1 spiro atoms. The first-order chi connectivity index (χ1) is 22.9. The van der Waals surface area contributed by atoms with Gasteiger partial charge in [-0.1, -0.05) is 62.4 Å². The molecule has 1 aliphatic carbocycles. The van der Waals surface area contributed by atoms with Crippen molar-refractivity contribution in [2.75, 3.05) is 13.1 Å². The second-order valence-corrected chi connectivity index (χ2v) is 14.5. The van der Waals surface area contributed by atoms with Crippen LogP contribution in [0.15, 0.2) is 71.5 Å². The molecule has 7 nitrogen and oxygen atoms in total. The maximum atomic E-state index is 15.1. The number of benzene rings is 3. The summed E-state index contributed by atoms with van der Waals surface area (Å²) in [6.07, 6.45) is 5.56. The highest BCUT2D eigenvalue weighted by Crippen LogP contribution is 2.48. The number of rotatable bonds is 5. The zero-order chi connectivity index (χ0) is 34.3. The van der Waals surface area contributed by atoms with Crippen LogP contribution in [0.5, 0.6) is 0 Å². The lowest BCUT2D eigenvalue weighted by Gasteiger charge is -2.37. The van der Waals surface area contributed by atoms with Gasteiger partial charge in [0.05, 0.1) is 27.8 Å². The minimum Gasteiger partial charge on any atom is -0.399 e. The van der Waals surface area contributed by atoms with Crippen molar-refractivity contribution in [2.24, 2.45) is 5.41 Å². The van der Waals surface area contributed by atoms with E-state index < -0.39 is 5.82 Å². The van der Waals surface area contributed by atoms with E-state index in [4.69, 9.17) is 9.31 Å². The third-order valence-corrected chi connectivity index (χ3v) is 11.1. The number of halogens is 1. The molecule has 1 amide bonds. The molecule has 3 heterocycles. The van der Waals surface area contributed by atoms with Crippen molar-refractivity contribution in [1.29, 1.82) is 0 Å². The molecular formula is C39H47BFN3O4. The van der Waals surface area contributed by atoms with E-state index in [2.05, 4.69) is 62.2 Å². The number of aromatic amines is 1. The predicted octanol–water partition coefficient (Wildman–Crippen LogP) is 7.17. The molecule has 3 fully saturated rings. The normalized spacial score (nSPS) is 22.9. The maximum absolute atomic E-state index is 15.1. The van der Waals surface area contributed by atoms with Crippen LogP contribution in [0.25, 0.3) is 10.8 Å². The molecule has 9 heteroatoms. The zero-order valence-electron chi connectivity index (χ0n) is 29.1. The van der Waals surface area contributed by atoms with Crippen LogP contribution >= 0.6 is 0 Å². The summed E-state index contributed by atoms with van der Waals surface area (Å²) in [4.78, 5) is 27.7. The number of aromatic nitrogens is 2. The number of carbonyl (C=O) groups excluding carboxylic acids is 1. The minimum atomic E-state index is -0.512. The van der Waals surface area contributed by atoms with Crippen LogP contribution < -0.4 is 11.0 Å². The first kappa shape index (κ1) is 34.1. The molecule has 0 unspecified atom stereocenters. The van der Waals surface area contributed by atoms with Crippen molar-refractivity contribution in [3.8, 4) is 0 Å². The van der Waals surface area contributed by atoms with Gasteiger partial charge in [-0.3, -0.25) is 9.59 Å². The fourth-order valence-electron chi connectivity index (χ4n) is 7.50. The molecule has 0 bridgehead atoms. The summed E-state index contributed by atoms with van der Waals surface area (Å²) in [6, 6.07) is 20.7. The molecule has 1 aromatic heterocycles. The molecule has 7 rings (SSSR count). The van der Waals surface area contributed by atoms with E-state index in [1.165, 1.54) is 11.6 Å². The first-order valence-corrected chi connectivity index (χ1v) is 17.4. The minimum absolute atomic E-state index is 0.0849. The quantitative estimate of drug-likeness (QED) is 0.232. The second-order valence-electron chi connectivity index (χ2n) is 14.5. The Bertz CT molecular complexity index is 1830. The summed E-state index contributed by atoms with van der Waals surface area (Å²) in [5.41, 5.74) is 3.04. The van der Waals surface area contributed by atoms with Gasteiger partial charge in [0.25, 0.3) is 11.5 Å². The monoisotopic (exact) mass is 651 g/mol. The SMILES string of the molecule is CC.CC1(C)OB(c2ccc(C3CCC4(CC3)CCN(C(=O)c3cc(Cc5n[nH]c(=O)c6ccccc56)ccc3F)C4)cc2)OC1(C)C. The van der Waals surface area contributed by atoms with E-state index in [9.17, 15) is 9.59 Å². The second kappa shape index (κ2) is 13.2.